The second-order valence-corrected chi connectivity index (χ2v) is 4.50. The molecule has 0 saturated carbocycles. The van der Waals surface area contributed by atoms with Gasteiger partial charge in [0.15, 0.2) is 0 Å². The fourth-order valence-electron chi connectivity index (χ4n) is 2.22. The van der Waals surface area contributed by atoms with Crippen molar-refractivity contribution in [2.75, 3.05) is 18.0 Å². The molecule has 0 fully saturated rings. The Labute approximate surface area is 116 Å². The van der Waals surface area contributed by atoms with E-state index in [1.807, 2.05) is 30.3 Å². The average molecular weight is 250 g/mol. The van der Waals surface area contributed by atoms with Crippen molar-refractivity contribution in [1.29, 1.82) is 0 Å². The summed E-state index contributed by atoms with van der Waals surface area (Å²) >= 11 is 0. The zero-order valence-electron chi connectivity index (χ0n) is 11.6. The minimum Gasteiger partial charge on any atom is -0.372 e. The smallest absolute Gasteiger partial charge is 0.0366 e. The van der Waals surface area contributed by atoms with Crippen molar-refractivity contribution < 1.29 is 0 Å². The molecule has 0 heterocycles. The Morgan fingerprint density at radius 1 is 0.842 bits per heavy atom. The van der Waals surface area contributed by atoms with Crippen molar-refractivity contribution in [2.45, 2.75) is 13.8 Å². The molecule has 1 nitrogen and oxygen atoms in total. The van der Waals surface area contributed by atoms with Crippen molar-refractivity contribution in [3.8, 4) is 0 Å². The van der Waals surface area contributed by atoms with Gasteiger partial charge in [-0.1, -0.05) is 49.0 Å². The van der Waals surface area contributed by atoms with Crippen LogP contribution in [0, 0.1) is 6.58 Å². The highest BCUT2D eigenvalue weighted by atomic mass is 15.1. The first kappa shape index (κ1) is 13.4. The van der Waals surface area contributed by atoms with Crippen LogP contribution in [-0.2, 0) is 0 Å². The highest BCUT2D eigenvalue weighted by molar-refractivity contribution is 5.77. The molecule has 1 heteroatoms. The lowest BCUT2D eigenvalue weighted by atomic mass is 9.99. The monoisotopic (exact) mass is 250 g/mol. The van der Waals surface area contributed by atoms with Gasteiger partial charge >= 0.3 is 0 Å². The van der Waals surface area contributed by atoms with E-state index >= 15 is 0 Å². The molecule has 0 unspecified atom stereocenters. The van der Waals surface area contributed by atoms with Crippen molar-refractivity contribution in [1.82, 2.24) is 0 Å². The molecule has 2 aromatic rings. The molecule has 0 aliphatic rings. The molecule has 0 atom stereocenters. The van der Waals surface area contributed by atoms with Crippen LogP contribution in [0.4, 0.5) is 5.69 Å². The molecular weight excluding hydrogens is 230 g/mol. The van der Waals surface area contributed by atoms with E-state index in [2.05, 4.69) is 43.0 Å². The number of hydrogen-bond donors (Lipinski definition) is 0. The van der Waals surface area contributed by atoms with E-state index < -0.39 is 0 Å². The van der Waals surface area contributed by atoms with Gasteiger partial charge in [-0.05, 0) is 42.7 Å². The summed E-state index contributed by atoms with van der Waals surface area (Å²) in [5.41, 5.74) is 4.21. The van der Waals surface area contributed by atoms with Crippen LogP contribution in [0.2, 0.25) is 0 Å². The Morgan fingerprint density at radius 2 is 1.37 bits per heavy atom. The highest BCUT2D eigenvalue weighted by Crippen LogP contribution is 2.23. The maximum atomic E-state index is 6.21. The number of benzene rings is 2. The average Bonchev–Trinajstić information content (AvgIpc) is 2.49. The second kappa shape index (κ2) is 6.24. The summed E-state index contributed by atoms with van der Waals surface area (Å²) in [7, 11) is 0. The molecule has 0 saturated heterocycles. The van der Waals surface area contributed by atoms with Gasteiger partial charge in [-0.3, -0.25) is 0 Å². The van der Waals surface area contributed by atoms with Crippen molar-refractivity contribution in [2.24, 2.45) is 0 Å². The summed E-state index contributed by atoms with van der Waals surface area (Å²) in [5, 5.41) is 0. The lowest BCUT2D eigenvalue weighted by Crippen LogP contribution is -2.21. The summed E-state index contributed by atoms with van der Waals surface area (Å²) < 4.78 is 0. The lowest BCUT2D eigenvalue weighted by Gasteiger charge is -2.21. The van der Waals surface area contributed by atoms with E-state index in [0.717, 1.165) is 29.8 Å². The van der Waals surface area contributed by atoms with Gasteiger partial charge < -0.3 is 4.90 Å². The molecule has 97 valence electrons. The zero-order chi connectivity index (χ0) is 13.7. The second-order valence-electron chi connectivity index (χ2n) is 4.50. The van der Waals surface area contributed by atoms with E-state index in [4.69, 9.17) is 6.58 Å². The van der Waals surface area contributed by atoms with E-state index in [1.54, 1.807) is 0 Å². The van der Waals surface area contributed by atoms with Crippen molar-refractivity contribution in [3.63, 3.8) is 0 Å². The Hall–Kier alpha value is -2.02. The molecule has 1 radical (unpaired) electrons. The van der Waals surface area contributed by atoms with E-state index in [1.165, 1.54) is 5.69 Å². The van der Waals surface area contributed by atoms with Gasteiger partial charge in [0, 0.05) is 18.8 Å². The highest BCUT2D eigenvalue weighted by Gasteiger charge is 2.04. The van der Waals surface area contributed by atoms with Gasteiger partial charge in [-0.15, -0.1) is 0 Å². The Kier molecular flexibility index (Phi) is 4.40. The summed E-state index contributed by atoms with van der Waals surface area (Å²) in [6, 6.07) is 18.5. The van der Waals surface area contributed by atoms with Crippen LogP contribution in [-0.4, -0.2) is 13.1 Å². The normalized spacial score (nSPS) is 10.2. The largest absolute Gasteiger partial charge is 0.372 e. The van der Waals surface area contributed by atoms with Crippen LogP contribution in [0.25, 0.3) is 5.57 Å². The molecule has 0 aliphatic heterocycles. The third-order valence-corrected chi connectivity index (χ3v) is 3.39. The van der Waals surface area contributed by atoms with E-state index in [9.17, 15) is 0 Å². The predicted octanol–water partition coefficient (Wildman–Crippen LogP) is 4.40. The molecule has 0 aromatic heterocycles. The standard InChI is InChI=1S/C18H20N/c1-4-19(5-2)18-13-11-17(12-14-18)15(3)16-9-7-6-8-10-16/h3,6-14H,4-5H2,1-2H3. The van der Waals surface area contributed by atoms with Crippen LogP contribution < -0.4 is 4.90 Å². The number of anilines is 1. The first-order valence-electron chi connectivity index (χ1n) is 6.79. The maximum Gasteiger partial charge on any atom is 0.0366 e. The van der Waals surface area contributed by atoms with Crippen LogP contribution in [0.3, 0.4) is 0 Å². The molecule has 2 rings (SSSR count). The number of hydrogen-bond acceptors (Lipinski definition) is 1. The molecule has 0 spiro atoms. The van der Waals surface area contributed by atoms with Crippen LogP contribution in [0.15, 0.2) is 54.6 Å². The molecule has 0 N–H and O–H groups in total. The summed E-state index contributed by atoms with van der Waals surface area (Å²) in [4.78, 5) is 2.32. The number of rotatable bonds is 5. The van der Waals surface area contributed by atoms with Crippen molar-refractivity contribution >= 4 is 11.3 Å². The van der Waals surface area contributed by atoms with Gasteiger partial charge in [-0.25, -0.2) is 0 Å². The summed E-state index contributed by atoms with van der Waals surface area (Å²) in [5.74, 6) is 0. The lowest BCUT2D eigenvalue weighted by molar-refractivity contribution is 0.866. The fraction of sp³-hybridized carbons (Fsp3) is 0.222. The molecule has 19 heavy (non-hydrogen) atoms. The van der Waals surface area contributed by atoms with Gasteiger partial charge in [0.2, 0.25) is 0 Å². The summed E-state index contributed by atoms with van der Waals surface area (Å²) in [6.45, 7) is 12.6. The maximum absolute atomic E-state index is 6.21. The first-order chi connectivity index (χ1) is 9.26. The Bertz CT molecular complexity index is 521. The third kappa shape index (κ3) is 3.05. The first-order valence-corrected chi connectivity index (χ1v) is 6.79. The van der Waals surface area contributed by atoms with Crippen molar-refractivity contribution in [3.05, 3.63) is 72.3 Å². The molecule has 0 amide bonds. The Morgan fingerprint density at radius 3 is 1.89 bits per heavy atom. The molecule has 0 aliphatic carbocycles. The molecule has 0 bridgehead atoms. The predicted molar refractivity (Wildman–Crippen MR) is 83.3 cm³/mol. The summed E-state index contributed by atoms with van der Waals surface area (Å²) in [6.07, 6.45) is 0. The van der Waals surface area contributed by atoms with Gasteiger partial charge in [0.1, 0.15) is 0 Å². The third-order valence-electron chi connectivity index (χ3n) is 3.39. The number of nitrogens with zero attached hydrogens (tertiary/aromatic N) is 1. The minimum absolute atomic E-state index is 0.826. The van der Waals surface area contributed by atoms with Crippen LogP contribution >= 0.6 is 0 Å². The minimum atomic E-state index is 0.826. The topological polar surface area (TPSA) is 3.24 Å². The van der Waals surface area contributed by atoms with Gasteiger partial charge in [-0.2, -0.15) is 0 Å². The van der Waals surface area contributed by atoms with E-state index in [-0.39, 0.29) is 0 Å². The quantitative estimate of drug-likeness (QED) is 0.760. The van der Waals surface area contributed by atoms with Gasteiger partial charge in [0.25, 0.3) is 0 Å². The molecule has 2 aromatic carbocycles. The SMILES string of the molecule is [CH]=C(c1ccccc1)c1ccc(N(CC)CC)cc1. The molecular formula is C18H20N. The fourth-order valence-corrected chi connectivity index (χ4v) is 2.22. The van der Waals surface area contributed by atoms with Gasteiger partial charge in [0.05, 0.1) is 0 Å². The van der Waals surface area contributed by atoms with Crippen LogP contribution in [0.1, 0.15) is 25.0 Å². The Balaban J connectivity index is 2.21. The van der Waals surface area contributed by atoms with Crippen LogP contribution in [0.5, 0.6) is 0 Å². The van der Waals surface area contributed by atoms with E-state index in [0.29, 0.717) is 0 Å². The zero-order valence-corrected chi connectivity index (χ0v) is 11.6.